The van der Waals surface area contributed by atoms with Crippen LogP contribution in [0.1, 0.15) is 35.4 Å². The van der Waals surface area contributed by atoms with Crippen LogP contribution in [-0.4, -0.2) is 66.0 Å². The topological polar surface area (TPSA) is 73.7 Å². The number of nitrogens with zero attached hydrogens (tertiary/aromatic N) is 3. The molecule has 0 spiro atoms. The Morgan fingerprint density at radius 3 is 2.37 bits per heavy atom. The SMILES string of the molecule is O=S(=O)(c1ccccc1)N1CCCCN2[C@@H](CO)[C@@H](c3ccc(C#Cc4cccnc4)cc3)[C@@H]2C1. The predicted molar refractivity (Wildman–Crippen MR) is 135 cm³/mol. The van der Waals surface area contributed by atoms with Crippen LogP contribution in [0.4, 0.5) is 0 Å². The number of fused-ring (bicyclic) bond motifs is 1. The van der Waals surface area contributed by atoms with E-state index in [1.54, 1.807) is 41.0 Å². The van der Waals surface area contributed by atoms with Gasteiger partial charge in [0.2, 0.25) is 10.0 Å². The molecule has 2 aliphatic rings. The molecule has 2 saturated heterocycles. The summed E-state index contributed by atoms with van der Waals surface area (Å²) >= 11 is 0. The number of benzene rings is 2. The Labute approximate surface area is 207 Å². The minimum absolute atomic E-state index is 0.00768. The molecule has 180 valence electrons. The molecule has 6 nitrogen and oxygen atoms in total. The van der Waals surface area contributed by atoms with Gasteiger partial charge < -0.3 is 5.11 Å². The van der Waals surface area contributed by atoms with Gasteiger partial charge in [-0.3, -0.25) is 9.88 Å². The highest BCUT2D eigenvalue weighted by Gasteiger charge is 2.50. The normalized spacial score (nSPS) is 23.2. The molecule has 0 bridgehead atoms. The molecule has 2 aromatic carbocycles. The first-order chi connectivity index (χ1) is 17.1. The molecule has 3 heterocycles. The number of sulfonamides is 1. The van der Waals surface area contributed by atoms with Crippen LogP contribution >= 0.6 is 0 Å². The van der Waals surface area contributed by atoms with Crippen molar-refractivity contribution in [1.29, 1.82) is 0 Å². The maximum atomic E-state index is 13.4. The van der Waals surface area contributed by atoms with E-state index in [4.69, 9.17) is 0 Å². The summed E-state index contributed by atoms with van der Waals surface area (Å²) in [4.78, 5) is 6.71. The fourth-order valence-electron chi connectivity index (χ4n) is 5.24. The molecule has 2 fully saturated rings. The Hall–Kier alpha value is -3.02. The van der Waals surface area contributed by atoms with Crippen molar-refractivity contribution in [3.63, 3.8) is 0 Å². The van der Waals surface area contributed by atoms with Gasteiger partial charge >= 0.3 is 0 Å². The molecule has 7 heteroatoms. The molecule has 0 radical (unpaired) electrons. The molecule has 0 amide bonds. The van der Waals surface area contributed by atoms with Crippen LogP contribution in [-0.2, 0) is 10.0 Å². The van der Waals surface area contributed by atoms with Gasteiger partial charge in [0.05, 0.1) is 11.5 Å². The van der Waals surface area contributed by atoms with Gasteiger partial charge in [-0.05, 0) is 61.3 Å². The molecule has 3 atom stereocenters. The molecule has 0 unspecified atom stereocenters. The third-order valence-electron chi connectivity index (χ3n) is 7.02. The summed E-state index contributed by atoms with van der Waals surface area (Å²) in [6, 6.07) is 20.6. The van der Waals surface area contributed by atoms with E-state index in [0.717, 1.165) is 36.1 Å². The smallest absolute Gasteiger partial charge is 0.243 e. The van der Waals surface area contributed by atoms with Crippen molar-refractivity contribution in [3.8, 4) is 11.8 Å². The standard InChI is InChI=1S/C28H29N3O3S/c32-21-27-28(24-14-12-22(13-15-24)10-11-23-7-6-16-29-19-23)26-20-30(17-4-5-18-31(26)27)35(33,34)25-8-2-1-3-9-25/h1-3,6-9,12-16,19,26-28,32H,4-5,17-18,20-21H2/t26-,27-,28-/m0/s1. The molecule has 5 rings (SSSR count). The van der Waals surface area contributed by atoms with Gasteiger partial charge in [0.25, 0.3) is 0 Å². The second-order valence-electron chi connectivity index (χ2n) is 9.08. The van der Waals surface area contributed by atoms with Crippen LogP contribution in [0.25, 0.3) is 0 Å². The van der Waals surface area contributed by atoms with E-state index >= 15 is 0 Å². The minimum Gasteiger partial charge on any atom is -0.395 e. The van der Waals surface area contributed by atoms with E-state index in [1.165, 1.54) is 0 Å². The molecule has 0 saturated carbocycles. The summed E-state index contributed by atoms with van der Waals surface area (Å²) in [6.07, 6.45) is 5.17. The lowest BCUT2D eigenvalue weighted by Crippen LogP contribution is -2.67. The first-order valence-electron chi connectivity index (χ1n) is 12.0. The highest BCUT2D eigenvalue weighted by atomic mass is 32.2. The monoisotopic (exact) mass is 487 g/mol. The zero-order chi connectivity index (χ0) is 24.3. The largest absolute Gasteiger partial charge is 0.395 e. The summed E-state index contributed by atoms with van der Waals surface area (Å²) in [6.45, 7) is 1.86. The van der Waals surface area contributed by atoms with Gasteiger partial charge in [-0.15, -0.1) is 0 Å². The van der Waals surface area contributed by atoms with Crippen molar-refractivity contribution in [2.24, 2.45) is 0 Å². The van der Waals surface area contributed by atoms with Gasteiger partial charge in [0.15, 0.2) is 0 Å². The Balaban J connectivity index is 1.38. The van der Waals surface area contributed by atoms with Crippen molar-refractivity contribution in [2.75, 3.05) is 26.2 Å². The Bertz CT molecular complexity index is 1300. The second kappa shape index (κ2) is 10.3. The van der Waals surface area contributed by atoms with Crippen LogP contribution in [0.3, 0.4) is 0 Å². The molecule has 1 aromatic heterocycles. The lowest BCUT2D eigenvalue weighted by Gasteiger charge is -2.57. The minimum atomic E-state index is -3.57. The van der Waals surface area contributed by atoms with E-state index in [9.17, 15) is 13.5 Å². The number of aliphatic hydroxyl groups is 1. The summed E-state index contributed by atoms with van der Waals surface area (Å²) in [7, 11) is -3.57. The molecule has 35 heavy (non-hydrogen) atoms. The van der Waals surface area contributed by atoms with Crippen LogP contribution in [0.5, 0.6) is 0 Å². The van der Waals surface area contributed by atoms with Crippen molar-refractivity contribution in [1.82, 2.24) is 14.2 Å². The summed E-state index contributed by atoms with van der Waals surface area (Å²) in [5.41, 5.74) is 2.87. The number of hydrogen-bond acceptors (Lipinski definition) is 5. The highest BCUT2D eigenvalue weighted by molar-refractivity contribution is 7.89. The van der Waals surface area contributed by atoms with E-state index in [-0.39, 0.29) is 24.6 Å². The predicted octanol–water partition coefficient (Wildman–Crippen LogP) is 3.09. The van der Waals surface area contributed by atoms with Gasteiger partial charge in [-0.1, -0.05) is 42.2 Å². The zero-order valence-corrected chi connectivity index (χ0v) is 20.3. The van der Waals surface area contributed by atoms with E-state index in [1.807, 2.05) is 30.3 Å². The lowest BCUT2D eigenvalue weighted by atomic mass is 9.74. The van der Waals surface area contributed by atoms with Gasteiger partial charge in [-0.2, -0.15) is 4.31 Å². The van der Waals surface area contributed by atoms with E-state index in [0.29, 0.717) is 18.0 Å². The Morgan fingerprint density at radius 2 is 1.66 bits per heavy atom. The van der Waals surface area contributed by atoms with Crippen LogP contribution in [0, 0.1) is 11.8 Å². The van der Waals surface area contributed by atoms with Crippen LogP contribution in [0.15, 0.2) is 84.0 Å². The summed E-state index contributed by atoms with van der Waals surface area (Å²) in [5.74, 6) is 6.35. The second-order valence-corrected chi connectivity index (χ2v) is 11.0. The quantitative estimate of drug-likeness (QED) is 0.573. The average Bonchev–Trinajstić information content (AvgIpc) is 2.88. The first kappa shape index (κ1) is 23.7. The third kappa shape index (κ3) is 4.89. The average molecular weight is 488 g/mol. The van der Waals surface area contributed by atoms with Gasteiger partial charge in [-0.25, -0.2) is 8.42 Å². The van der Waals surface area contributed by atoms with Gasteiger partial charge in [0.1, 0.15) is 0 Å². The Morgan fingerprint density at radius 1 is 0.914 bits per heavy atom. The fourth-order valence-corrected chi connectivity index (χ4v) is 6.76. The fraction of sp³-hybridized carbons (Fsp3) is 0.321. The zero-order valence-electron chi connectivity index (χ0n) is 19.5. The number of hydrogen-bond donors (Lipinski definition) is 1. The number of rotatable bonds is 4. The molecular weight excluding hydrogens is 458 g/mol. The van der Waals surface area contributed by atoms with E-state index in [2.05, 4.69) is 33.9 Å². The summed E-state index contributed by atoms with van der Waals surface area (Å²) < 4.78 is 28.4. The highest BCUT2D eigenvalue weighted by Crippen LogP contribution is 2.42. The number of aromatic nitrogens is 1. The van der Waals surface area contributed by atoms with E-state index < -0.39 is 10.0 Å². The number of aliphatic hydroxyl groups excluding tert-OH is 1. The van der Waals surface area contributed by atoms with Crippen LogP contribution in [0.2, 0.25) is 0 Å². The molecule has 0 aliphatic carbocycles. The first-order valence-corrected chi connectivity index (χ1v) is 13.5. The summed E-state index contributed by atoms with van der Waals surface area (Å²) in [5, 5.41) is 10.2. The maximum Gasteiger partial charge on any atom is 0.243 e. The molecule has 1 N–H and O–H groups in total. The molecule has 2 aliphatic heterocycles. The lowest BCUT2D eigenvalue weighted by molar-refractivity contribution is -0.0553. The Kier molecular flexibility index (Phi) is 6.98. The van der Waals surface area contributed by atoms with Crippen molar-refractivity contribution >= 4 is 10.0 Å². The van der Waals surface area contributed by atoms with Crippen molar-refractivity contribution in [2.45, 2.75) is 35.7 Å². The van der Waals surface area contributed by atoms with Crippen molar-refractivity contribution < 1.29 is 13.5 Å². The number of pyridine rings is 1. The van der Waals surface area contributed by atoms with Gasteiger partial charge in [0, 0.05) is 54.6 Å². The van der Waals surface area contributed by atoms with Crippen LogP contribution < -0.4 is 0 Å². The van der Waals surface area contributed by atoms with Crippen molar-refractivity contribution in [3.05, 3.63) is 95.8 Å². The molecule has 3 aromatic rings. The molecular formula is C28H29N3O3S. The third-order valence-corrected chi connectivity index (χ3v) is 8.90. The maximum absolute atomic E-state index is 13.4.